The van der Waals surface area contributed by atoms with Crippen LogP contribution >= 0.6 is 0 Å². The lowest BCUT2D eigenvalue weighted by Crippen LogP contribution is -2.40. The fourth-order valence-electron chi connectivity index (χ4n) is 2.46. The van der Waals surface area contributed by atoms with Crippen molar-refractivity contribution in [2.75, 3.05) is 19.7 Å². The summed E-state index contributed by atoms with van der Waals surface area (Å²) in [5.74, 6) is 2.27. The van der Waals surface area contributed by atoms with Crippen LogP contribution in [0.5, 0.6) is 0 Å². The van der Waals surface area contributed by atoms with Crippen LogP contribution in [-0.4, -0.2) is 30.8 Å². The van der Waals surface area contributed by atoms with E-state index in [1.165, 1.54) is 5.56 Å². The standard InChI is InChI=1S/C21H32N4O2/c1-5-22-21(24-13-19-11-20(16(2)3)25-27-19)23-12-17(4)14-26-15-18-9-7-6-8-10-18/h6-11,16-17H,5,12-15H2,1-4H3,(H2,22,23,24). The van der Waals surface area contributed by atoms with Crippen molar-refractivity contribution >= 4 is 5.96 Å². The average Bonchev–Trinajstić information content (AvgIpc) is 3.14. The largest absolute Gasteiger partial charge is 0.376 e. The van der Waals surface area contributed by atoms with Gasteiger partial charge in [0.1, 0.15) is 6.54 Å². The molecule has 0 saturated carbocycles. The second-order valence-electron chi connectivity index (χ2n) is 7.05. The summed E-state index contributed by atoms with van der Waals surface area (Å²) in [4.78, 5) is 4.58. The molecule has 2 rings (SSSR count). The van der Waals surface area contributed by atoms with E-state index in [0.717, 1.165) is 30.5 Å². The molecule has 0 aliphatic carbocycles. The zero-order valence-corrected chi connectivity index (χ0v) is 16.9. The van der Waals surface area contributed by atoms with Gasteiger partial charge in [-0.15, -0.1) is 0 Å². The first-order valence-electron chi connectivity index (χ1n) is 9.67. The van der Waals surface area contributed by atoms with Gasteiger partial charge in [0, 0.05) is 19.2 Å². The van der Waals surface area contributed by atoms with E-state index >= 15 is 0 Å². The third kappa shape index (κ3) is 7.83. The Bertz CT molecular complexity index is 682. The molecule has 0 amide bonds. The molecule has 148 valence electrons. The highest BCUT2D eigenvalue weighted by Crippen LogP contribution is 2.14. The van der Waals surface area contributed by atoms with Crippen molar-refractivity contribution in [1.82, 2.24) is 15.8 Å². The van der Waals surface area contributed by atoms with Crippen LogP contribution in [0.25, 0.3) is 0 Å². The summed E-state index contributed by atoms with van der Waals surface area (Å²) in [7, 11) is 0. The summed E-state index contributed by atoms with van der Waals surface area (Å²) in [6.45, 7) is 11.8. The molecule has 2 N–H and O–H groups in total. The van der Waals surface area contributed by atoms with E-state index in [-0.39, 0.29) is 0 Å². The molecule has 0 bridgehead atoms. The predicted molar refractivity (Wildman–Crippen MR) is 109 cm³/mol. The van der Waals surface area contributed by atoms with E-state index in [4.69, 9.17) is 9.26 Å². The molecule has 6 nitrogen and oxygen atoms in total. The lowest BCUT2D eigenvalue weighted by molar-refractivity contribution is 0.0931. The minimum Gasteiger partial charge on any atom is -0.376 e. The van der Waals surface area contributed by atoms with Crippen LogP contribution in [0.3, 0.4) is 0 Å². The molecule has 0 saturated heterocycles. The van der Waals surface area contributed by atoms with Crippen LogP contribution in [0, 0.1) is 5.92 Å². The van der Waals surface area contributed by atoms with E-state index in [1.807, 2.05) is 24.3 Å². The fraction of sp³-hybridized carbons (Fsp3) is 0.524. The van der Waals surface area contributed by atoms with Crippen LogP contribution in [0.15, 0.2) is 45.9 Å². The van der Waals surface area contributed by atoms with E-state index < -0.39 is 0 Å². The Morgan fingerprint density at radius 2 is 1.96 bits per heavy atom. The lowest BCUT2D eigenvalue weighted by atomic mass is 10.1. The minimum absolute atomic E-state index is 0.356. The van der Waals surface area contributed by atoms with Crippen molar-refractivity contribution in [3.63, 3.8) is 0 Å². The number of ether oxygens (including phenoxy) is 1. The molecular weight excluding hydrogens is 340 g/mol. The van der Waals surface area contributed by atoms with Crippen molar-refractivity contribution in [3.05, 3.63) is 53.4 Å². The second kappa shape index (κ2) is 11.4. The van der Waals surface area contributed by atoms with Gasteiger partial charge in [-0.05, 0) is 24.3 Å². The van der Waals surface area contributed by atoms with E-state index in [1.54, 1.807) is 0 Å². The van der Waals surface area contributed by atoms with Crippen molar-refractivity contribution in [2.45, 2.75) is 46.8 Å². The van der Waals surface area contributed by atoms with Crippen molar-refractivity contribution in [2.24, 2.45) is 10.9 Å². The third-order valence-electron chi connectivity index (χ3n) is 4.04. The molecule has 2 aromatic rings. The molecule has 1 aromatic carbocycles. The Balaban J connectivity index is 1.75. The molecular formula is C21H32N4O2. The van der Waals surface area contributed by atoms with Crippen LogP contribution in [0.1, 0.15) is 50.6 Å². The zero-order valence-electron chi connectivity index (χ0n) is 16.9. The fourth-order valence-corrected chi connectivity index (χ4v) is 2.46. The summed E-state index contributed by atoms with van der Waals surface area (Å²) < 4.78 is 11.1. The summed E-state index contributed by atoms with van der Waals surface area (Å²) in [6, 6.07) is 12.2. The Kier molecular flexibility index (Phi) is 8.84. The smallest absolute Gasteiger partial charge is 0.191 e. The molecule has 27 heavy (non-hydrogen) atoms. The van der Waals surface area contributed by atoms with Crippen molar-refractivity contribution in [1.29, 1.82) is 0 Å². The maximum atomic E-state index is 5.80. The highest BCUT2D eigenvalue weighted by atomic mass is 16.5. The molecule has 6 heteroatoms. The molecule has 1 heterocycles. The number of guanidine groups is 1. The van der Waals surface area contributed by atoms with Gasteiger partial charge in [-0.2, -0.15) is 0 Å². The van der Waals surface area contributed by atoms with Gasteiger partial charge in [-0.1, -0.05) is 56.3 Å². The van der Waals surface area contributed by atoms with Gasteiger partial charge in [0.2, 0.25) is 0 Å². The normalized spacial score (nSPS) is 13.0. The zero-order chi connectivity index (χ0) is 19.5. The number of nitrogens with one attached hydrogen (secondary N) is 2. The number of hydrogen-bond acceptors (Lipinski definition) is 4. The van der Waals surface area contributed by atoms with Crippen LogP contribution in [0.4, 0.5) is 0 Å². The summed E-state index contributed by atoms with van der Waals surface area (Å²) >= 11 is 0. The highest BCUT2D eigenvalue weighted by Gasteiger charge is 2.08. The minimum atomic E-state index is 0.356. The summed E-state index contributed by atoms with van der Waals surface area (Å²) in [5.41, 5.74) is 2.16. The molecule has 0 spiro atoms. The monoisotopic (exact) mass is 372 g/mol. The number of hydrogen-bond donors (Lipinski definition) is 2. The second-order valence-corrected chi connectivity index (χ2v) is 7.05. The van der Waals surface area contributed by atoms with Gasteiger partial charge < -0.3 is 19.9 Å². The predicted octanol–water partition coefficient (Wildman–Crippen LogP) is 3.71. The first-order chi connectivity index (χ1) is 13.1. The average molecular weight is 373 g/mol. The number of rotatable bonds is 10. The van der Waals surface area contributed by atoms with E-state index in [0.29, 0.717) is 31.6 Å². The number of benzene rings is 1. The van der Waals surface area contributed by atoms with Crippen LogP contribution in [0.2, 0.25) is 0 Å². The molecule has 1 aromatic heterocycles. The number of aromatic nitrogens is 1. The van der Waals surface area contributed by atoms with Gasteiger partial charge in [0.15, 0.2) is 11.7 Å². The summed E-state index contributed by atoms with van der Waals surface area (Å²) in [6.07, 6.45) is 0. The number of nitrogens with zero attached hydrogens (tertiary/aromatic N) is 2. The van der Waals surface area contributed by atoms with Gasteiger partial charge in [-0.3, -0.25) is 0 Å². The van der Waals surface area contributed by atoms with Crippen LogP contribution in [-0.2, 0) is 17.9 Å². The van der Waals surface area contributed by atoms with Gasteiger partial charge in [-0.25, -0.2) is 4.99 Å². The lowest BCUT2D eigenvalue weighted by Gasteiger charge is -2.16. The molecule has 1 unspecified atom stereocenters. The van der Waals surface area contributed by atoms with Gasteiger partial charge >= 0.3 is 0 Å². The van der Waals surface area contributed by atoms with Crippen molar-refractivity contribution < 1.29 is 9.26 Å². The highest BCUT2D eigenvalue weighted by molar-refractivity contribution is 5.79. The Morgan fingerprint density at radius 1 is 1.19 bits per heavy atom. The van der Waals surface area contributed by atoms with E-state index in [2.05, 4.69) is 60.6 Å². The quantitative estimate of drug-likeness (QED) is 0.491. The molecule has 0 radical (unpaired) electrons. The van der Waals surface area contributed by atoms with Crippen molar-refractivity contribution in [3.8, 4) is 0 Å². The van der Waals surface area contributed by atoms with E-state index in [9.17, 15) is 0 Å². The molecule has 0 aliphatic rings. The maximum Gasteiger partial charge on any atom is 0.191 e. The Hall–Kier alpha value is -2.34. The Morgan fingerprint density at radius 3 is 2.63 bits per heavy atom. The first-order valence-corrected chi connectivity index (χ1v) is 9.67. The van der Waals surface area contributed by atoms with Gasteiger partial charge in [0.25, 0.3) is 0 Å². The maximum absolute atomic E-state index is 5.80. The first kappa shape index (κ1) is 21.0. The molecule has 0 fully saturated rings. The molecule has 0 aliphatic heterocycles. The topological polar surface area (TPSA) is 71.7 Å². The van der Waals surface area contributed by atoms with Crippen LogP contribution < -0.4 is 10.6 Å². The molecule has 1 atom stereocenters. The SMILES string of the molecule is CCNC(=NCc1cc(C(C)C)no1)NCC(C)COCc1ccccc1. The summed E-state index contributed by atoms with van der Waals surface area (Å²) in [5, 5.41) is 10.7. The number of aliphatic imine (C=N–C) groups is 1. The van der Waals surface area contributed by atoms with Gasteiger partial charge in [0.05, 0.1) is 18.9 Å². The third-order valence-corrected chi connectivity index (χ3v) is 4.04. The Labute approximate surface area is 162 Å².